The molecule has 0 atom stereocenters. The molecule has 0 rings (SSSR count). The fraction of sp³-hybridized carbons (Fsp3) is 1.00. The smallest absolute Gasteiger partial charge is 0.0683 e. The lowest BCUT2D eigenvalue weighted by molar-refractivity contribution is 1.50. The second-order valence-corrected chi connectivity index (χ2v) is 0. The van der Waals surface area contributed by atoms with Crippen molar-refractivity contribution in [3.05, 3.63) is 0 Å². The third-order valence-electron chi connectivity index (χ3n) is 0. The van der Waals surface area contributed by atoms with Crippen LogP contribution in [0.2, 0.25) is 0 Å². The lowest BCUT2D eigenvalue weighted by atomic mass is 11.0. The Labute approximate surface area is 512 Å². The fourth-order valence-corrected chi connectivity index (χ4v) is 0. The molecule has 0 fully saturated rings. The maximum atomic E-state index is 2.00. The molecule has 0 N–H and O–H groups in total. The third-order valence-corrected chi connectivity index (χ3v) is 0. The molecule has 0 unspecified atom stereocenters. The maximum absolute atomic E-state index is 2.00. The van der Waals surface area contributed by atoms with Crippen LogP contribution in [0.1, 0.15) is 514 Å². The van der Waals surface area contributed by atoms with Crippen molar-refractivity contribution in [2.24, 2.45) is 0 Å². The van der Waals surface area contributed by atoms with Gasteiger partial charge in [-0.05, 0) is 0 Å². The fourth-order valence-electron chi connectivity index (χ4n) is 0. The van der Waals surface area contributed by atoms with Gasteiger partial charge in [-0.3, -0.25) is 0 Å². The van der Waals surface area contributed by atoms with E-state index >= 15 is 0 Å². The molecule has 0 bridgehead atoms. The molecular formula is C74H226. The van der Waals surface area contributed by atoms with Gasteiger partial charge in [0.1, 0.15) is 0 Å². The predicted octanol–water partition coefficient (Wildman–Crippen LogP) is 38.5. The van der Waals surface area contributed by atoms with E-state index in [9.17, 15) is 0 Å². The van der Waals surface area contributed by atoms with Crippen LogP contribution in [0.3, 0.4) is 0 Å². The summed E-state index contributed by atoms with van der Waals surface area (Å²) < 4.78 is 0. The van der Waals surface area contributed by atoms with Crippen LogP contribution >= 0.6 is 0 Å². The predicted molar refractivity (Wildman–Crippen MR) is 424 cm³/mol. The van der Waals surface area contributed by atoms with E-state index in [4.69, 9.17) is 0 Å². The van der Waals surface area contributed by atoms with Gasteiger partial charge in [0.25, 0.3) is 0 Å². The second kappa shape index (κ2) is 0. The Kier molecular flexibility index (Phi) is 0. The van der Waals surface area contributed by atoms with Gasteiger partial charge in [0.15, 0.2) is 0 Å². The highest BCUT2D eigenvalue weighted by molar-refractivity contribution is 3.57. The minimum Gasteiger partial charge on any atom is -0.0776 e. The molecule has 0 aliphatic heterocycles. The highest BCUT2D eigenvalue weighted by Gasteiger charge is 1.000. The maximum Gasteiger partial charge on any atom is -0.0683 e. The first-order valence-electron chi connectivity index (χ1n) is 35.0. The molecule has 0 radical (unpaired) electrons. The zero-order valence-corrected chi connectivity index (χ0v) is 70.0. The van der Waals surface area contributed by atoms with E-state index < -0.39 is 0 Å². The van der Waals surface area contributed by atoms with Crippen molar-refractivity contribution in [1.29, 1.82) is 0 Å². The van der Waals surface area contributed by atoms with Crippen LogP contribution < -0.4 is 0 Å². The number of hydrogen-bond donors (Lipinski definition) is 0. The Bertz CT molecular complexity index is 0. The minimum atomic E-state index is 0. The molecule has 0 amide bonds. The lowest BCUT2D eigenvalue weighted by Crippen LogP contribution is -0.856. The number of hydrogen-bond acceptors (Lipinski definition) is 0. The van der Waals surface area contributed by atoms with Crippen LogP contribution in [0.5, 0.6) is 0 Å². The van der Waals surface area contributed by atoms with E-state index in [1.165, 1.54) is 0 Å². The summed E-state index contributed by atoms with van der Waals surface area (Å²) in [7, 11) is 0. The molecule has 74 heavy (non-hydrogen) atoms. The van der Waals surface area contributed by atoms with Crippen LogP contribution in [-0.4, -0.2) is 0 Å². The van der Waals surface area contributed by atoms with Gasteiger partial charge in [-0.1, -0.05) is 514 Å². The summed E-state index contributed by atoms with van der Waals surface area (Å²) in [5.74, 6) is 0. The van der Waals surface area contributed by atoms with Gasteiger partial charge in [0, 0.05) is 0 Å². The molecule has 0 aliphatic rings. The molecular weight excluding hydrogens is 889 g/mol. The van der Waals surface area contributed by atoms with Gasteiger partial charge in [-0.15, -0.1) is 0 Å². The van der Waals surface area contributed by atoms with Crippen molar-refractivity contribution >= 4 is 0 Å². The molecule has 0 spiro atoms. The molecule has 522 valence electrons. The Morgan fingerprint density at radius 2 is 0.0405 bits per heavy atom. The largest absolute Gasteiger partial charge is 0.0776 e. The van der Waals surface area contributed by atoms with Crippen molar-refractivity contribution in [1.82, 2.24) is 0 Å². The van der Waals surface area contributed by atoms with Gasteiger partial charge in [0.05, 0.1) is 0 Å². The standard InChI is InChI=1S/35C2H6.4CH4/c35*1-2;;;;/h35*1-2H3;4*1H4. The van der Waals surface area contributed by atoms with Crippen LogP contribution in [0.25, 0.3) is 0 Å². The van der Waals surface area contributed by atoms with Gasteiger partial charge in [-0.25, -0.2) is 0 Å². The van der Waals surface area contributed by atoms with E-state index in [-0.39, 0.29) is 29.7 Å². The summed E-state index contributed by atoms with van der Waals surface area (Å²) in [6, 6.07) is 0. The Morgan fingerprint density at radius 1 is 0.0405 bits per heavy atom. The molecule has 0 aromatic carbocycles. The lowest BCUT2D eigenvalue weighted by Gasteiger charge is -1.07. The highest BCUT2D eigenvalue weighted by atomic mass is 13.1. The molecule has 0 saturated heterocycles. The van der Waals surface area contributed by atoms with E-state index in [1.807, 2.05) is 485 Å². The average Bonchev–Trinajstić information content (AvgIpc) is 3.61. The first kappa shape index (κ1) is 322. The second-order valence-electron chi connectivity index (χ2n) is 0. The van der Waals surface area contributed by atoms with E-state index in [0.717, 1.165) is 0 Å². The van der Waals surface area contributed by atoms with Gasteiger partial charge in [-0.2, -0.15) is 0 Å². The van der Waals surface area contributed by atoms with Gasteiger partial charge >= 0.3 is 0 Å². The van der Waals surface area contributed by atoms with Crippen LogP contribution in [0.4, 0.5) is 0 Å². The summed E-state index contributed by atoms with van der Waals surface area (Å²) >= 11 is 0. The molecule has 0 aromatic heterocycles. The number of rotatable bonds is 0. The summed E-state index contributed by atoms with van der Waals surface area (Å²) in [5, 5.41) is 0. The van der Waals surface area contributed by atoms with Crippen LogP contribution in [0, 0.1) is 0 Å². The first-order chi connectivity index (χ1) is 35.0. The van der Waals surface area contributed by atoms with Crippen molar-refractivity contribution in [3.8, 4) is 0 Å². The summed E-state index contributed by atoms with van der Waals surface area (Å²) in [4.78, 5) is 0. The Hall–Kier alpha value is 0. The summed E-state index contributed by atoms with van der Waals surface area (Å²) in [6.45, 7) is 140. The minimum absolute atomic E-state index is 0. The summed E-state index contributed by atoms with van der Waals surface area (Å²) in [6.07, 6.45) is 0. The third kappa shape index (κ3) is 0. The first-order valence-corrected chi connectivity index (χ1v) is 35.0. The molecule has 0 heteroatoms. The van der Waals surface area contributed by atoms with Crippen molar-refractivity contribution in [2.75, 3.05) is 0 Å². The van der Waals surface area contributed by atoms with Crippen LogP contribution in [0.15, 0.2) is 0 Å². The van der Waals surface area contributed by atoms with E-state index in [0.29, 0.717) is 0 Å². The van der Waals surface area contributed by atoms with Gasteiger partial charge < -0.3 is 0 Å². The monoisotopic (exact) mass is 1120 g/mol. The zero-order chi connectivity index (χ0) is 70.0. The average molecular weight is 1120 g/mol. The zero-order valence-electron chi connectivity index (χ0n) is 70.0. The van der Waals surface area contributed by atoms with Crippen molar-refractivity contribution in [3.63, 3.8) is 0 Å². The van der Waals surface area contributed by atoms with Crippen LogP contribution in [-0.2, 0) is 0 Å². The summed E-state index contributed by atoms with van der Waals surface area (Å²) in [5.41, 5.74) is 0. The van der Waals surface area contributed by atoms with E-state index in [1.54, 1.807) is 0 Å². The molecule has 0 saturated carbocycles. The molecule has 0 aliphatic carbocycles. The quantitative estimate of drug-likeness (QED) is 0.227. The van der Waals surface area contributed by atoms with Crippen molar-refractivity contribution < 1.29 is 0 Å². The van der Waals surface area contributed by atoms with E-state index in [2.05, 4.69) is 0 Å². The molecule has 0 heterocycles. The van der Waals surface area contributed by atoms with Gasteiger partial charge in [0.2, 0.25) is 0 Å². The van der Waals surface area contributed by atoms with Crippen molar-refractivity contribution in [2.45, 2.75) is 514 Å². The topological polar surface area (TPSA) is 0 Å². The Morgan fingerprint density at radius 3 is 0.0405 bits per heavy atom. The Balaban J connectivity index is -0.00000000460. The molecule has 0 aromatic rings. The highest BCUT2D eigenvalue weighted by Crippen LogP contribution is 1.21. The normalized spacial score (nSPS) is 2.84. The SMILES string of the molecule is C.C.C.C.CC.CC.CC.CC.CC.CC.CC.CC.CC.CC.CC.CC.CC.CC.CC.CC.CC.CC.CC.CC.CC.CC.CC.CC.CC.CC.CC.CC.CC.CC.CC.CC.CC.CC.CC. The molecule has 0 nitrogen and oxygen atoms in total.